The van der Waals surface area contributed by atoms with Gasteiger partial charge in [0, 0.05) is 25.2 Å². The molecule has 2 aromatic heterocycles. The Kier molecular flexibility index (Phi) is 5.92. The number of carbonyl (C=O) groups excluding carboxylic acids is 2. The fourth-order valence-corrected chi connectivity index (χ4v) is 3.37. The number of nitrogens with one attached hydrogen (secondary N) is 2. The second-order valence-corrected chi connectivity index (χ2v) is 7.25. The highest BCUT2D eigenvalue weighted by atomic mass is 32.1. The number of aryl methyl sites for hydroxylation is 1. The molecular weight excluding hydrogens is 402 g/mol. The van der Waals surface area contributed by atoms with Crippen LogP contribution in [0.1, 0.15) is 21.8 Å². The minimum Gasteiger partial charge on any atom is -0.469 e. The lowest BCUT2D eigenvalue weighted by Crippen LogP contribution is -2.17. The second kappa shape index (κ2) is 8.39. The van der Waals surface area contributed by atoms with Crippen LogP contribution in [0.15, 0.2) is 34.3 Å². The van der Waals surface area contributed by atoms with Crippen molar-refractivity contribution in [3.8, 4) is 0 Å². The Balaban J connectivity index is 1.62. The van der Waals surface area contributed by atoms with Crippen LogP contribution in [0, 0.1) is 18.6 Å². The summed E-state index contributed by atoms with van der Waals surface area (Å²) in [6, 6.07) is 3.65. The number of hydrogen-bond acceptors (Lipinski definition) is 6. The first kappa shape index (κ1) is 20.5. The summed E-state index contributed by atoms with van der Waals surface area (Å²) in [5.41, 5.74) is 0.632. The summed E-state index contributed by atoms with van der Waals surface area (Å²) < 4.78 is 33.1. The third-order valence-corrected chi connectivity index (χ3v) is 4.77. The molecule has 0 atom stereocenters. The van der Waals surface area contributed by atoms with Gasteiger partial charge >= 0.3 is 0 Å². The Morgan fingerprint density at radius 2 is 1.90 bits per heavy atom. The number of rotatable bonds is 6. The van der Waals surface area contributed by atoms with Crippen molar-refractivity contribution in [2.45, 2.75) is 13.3 Å². The molecule has 2 heterocycles. The molecule has 0 saturated heterocycles. The van der Waals surface area contributed by atoms with Crippen LogP contribution in [0.5, 0.6) is 0 Å². The van der Waals surface area contributed by atoms with Gasteiger partial charge in [0.15, 0.2) is 16.8 Å². The fraction of sp³-hybridized carbons (Fsp3) is 0.211. The number of hydrogen-bond donors (Lipinski definition) is 2. The zero-order chi connectivity index (χ0) is 21.1. The van der Waals surface area contributed by atoms with Gasteiger partial charge in [-0.2, -0.15) is 0 Å². The van der Waals surface area contributed by atoms with E-state index < -0.39 is 17.5 Å². The molecule has 0 unspecified atom stereocenters. The summed E-state index contributed by atoms with van der Waals surface area (Å²) in [6.07, 6.45) is 1.30. The summed E-state index contributed by atoms with van der Waals surface area (Å²) in [5, 5.41) is 7.02. The molecule has 0 aliphatic carbocycles. The number of halogens is 2. The summed E-state index contributed by atoms with van der Waals surface area (Å²) in [4.78, 5) is 29.8. The van der Waals surface area contributed by atoms with Gasteiger partial charge in [-0.3, -0.25) is 14.9 Å². The van der Waals surface area contributed by atoms with Crippen LogP contribution in [-0.2, 0) is 11.2 Å². The third kappa shape index (κ3) is 4.77. The van der Waals surface area contributed by atoms with Crippen molar-refractivity contribution < 1.29 is 22.8 Å². The molecular formula is C19H18F2N4O3S. The average Bonchev–Trinajstić information content (AvgIpc) is 3.22. The highest BCUT2D eigenvalue weighted by molar-refractivity contribution is 7.14. The summed E-state index contributed by atoms with van der Waals surface area (Å²) in [5.74, 6) is -1.93. The minimum atomic E-state index is -0.779. The molecule has 0 saturated carbocycles. The second-order valence-electron chi connectivity index (χ2n) is 6.40. The van der Waals surface area contributed by atoms with Crippen LogP contribution in [-0.4, -0.2) is 30.9 Å². The lowest BCUT2D eigenvalue weighted by molar-refractivity contribution is -0.115. The van der Waals surface area contributed by atoms with Gasteiger partial charge in [0.25, 0.3) is 5.91 Å². The van der Waals surface area contributed by atoms with E-state index in [1.54, 1.807) is 18.4 Å². The molecule has 152 valence electrons. The smallest absolute Gasteiger partial charge is 0.260 e. The van der Waals surface area contributed by atoms with Crippen molar-refractivity contribution in [3.05, 3.63) is 58.5 Å². The van der Waals surface area contributed by atoms with E-state index >= 15 is 0 Å². The summed E-state index contributed by atoms with van der Waals surface area (Å²) >= 11 is 1.16. The maximum absolute atomic E-state index is 14.0. The van der Waals surface area contributed by atoms with Crippen molar-refractivity contribution in [1.82, 2.24) is 4.98 Å². The number of aromatic nitrogens is 1. The standard InChI is InChI=1S/C19H18F2N4O3S/c1-10-13(4-5-28-10)18(27)24-19-23-12(9-29-19)8-16(26)22-11-6-14(20)17(25(2)3)15(21)7-11/h4-7,9H,8H2,1-3H3,(H,22,26)(H,23,24,27). The van der Waals surface area contributed by atoms with Crippen LogP contribution in [0.4, 0.5) is 25.3 Å². The largest absolute Gasteiger partial charge is 0.469 e. The van der Waals surface area contributed by atoms with Crippen LogP contribution < -0.4 is 15.5 Å². The van der Waals surface area contributed by atoms with Gasteiger partial charge in [-0.25, -0.2) is 13.8 Å². The van der Waals surface area contributed by atoms with E-state index in [2.05, 4.69) is 15.6 Å². The molecule has 0 radical (unpaired) electrons. The van der Waals surface area contributed by atoms with E-state index in [0.717, 1.165) is 23.5 Å². The monoisotopic (exact) mass is 420 g/mol. The lowest BCUT2D eigenvalue weighted by Gasteiger charge is -2.15. The molecule has 1 aromatic carbocycles. The molecule has 7 nitrogen and oxygen atoms in total. The van der Waals surface area contributed by atoms with E-state index in [1.165, 1.54) is 25.3 Å². The van der Waals surface area contributed by atoms with Gasteiger partial charge in [-0.05, 0) is 25.1 Å². The van der Waals surface area contributed by atoms with Crippen molar-refractivity contribution >= 4 is 39.7 Å². The zero-order valence-electron chi connectivity index (χ0n) is 15.9. The Morgan fingerprint density at radius 3 is 2.48 bits per heavy atom. The van der Waals surface area contributed by atoms with E-state index in [1.807, 2.05) is 0 Å². The fourth-order valence-electron chi connectivity index (χ4n) is 2.67. The zero-order valence-corrected chi connectivity index (χ0v) is 16.7. The normalized spacial score (nSPS) is 10.7. The Bertz CT molecular complexity index is 1040. The number of nitrogens with zero attached hydrogens (tertiary/aromatic N) is 2. The first-order valence-electron chi connectivity index (χ1n) is 8.50. The van der Waals surface area contributed by atoms with Gasteiger partial charge < -0.3 is 14.6 Å². The predicted octanol–water partition coefficient (Wildman–Crippen LogP) is 3.82. The number of carbonyl (C=O) groups is 2. The van der Waals surface area contributed by atoms with Crippen molar-refractivity contribution in [1.29, 1.82) is 0 Å². The average molecular weight is 420 g/mol. The highest BCUT2D eigenvalue weighted by Gasteiger charge is 2.16. The Morgan fingerprint density at radius 1 is 1.21 bits per heavy atom. The SMILES string of the molecule is Cc1occc1C(=O)Nc1nc(CC(=O)Nc2cc(F)c(N(C)C)c(F)c2)cs1. The van der Waals surface area contributed by atoms with Gasteiger partial charge in [-0.15, -0.1) is 11.3 Å². The number of amides is 2. The van der Waals surface area contributed by atoms with E-state index in [9.17, 15) is 18.4 Å². The quantitative estimate of drug-likeness (QED) is 0.633. The number of benzene rings is 1. The first-order valence-corrected chi connectivity index (χ1v) is 9.38. The molecule has 2 amide bonds. The maximum Gasteiger partial charge on any atom is 0.260 e. The number of anilines is 3. The molecule has 0 bridgehead atoms. The molecule has 3 rings (SSSR count). The summed E-state index contributed by atoms with van der Waals surface area (Å²) in [7, 11) is 3.04. The molecule has 10 heteroatoms. The van der Waals surface area contributed by atoms with E-state index in [-0.39, 0.29) is 23.7 Å². The first-order chi connectivity index (χ1) is 13.7. The van der Waals surface area contributed by atoms with Gasteiger partial charge in [0.2, 0.25) is 5.91 Å². The lowest BCUT2D eigenvalue weighted by atomic mass is 10.2. The molecule has 0 fully saturated rings. The van der Waals surface area contributed by atoms with E-state index in [0.29, 0.717) is 22.1 Å². The minimum absolute atomic E-state index is 0.00906. The van der Waals surface area contributed by atoms with Crippen molar-refractivity contribution in [2.24, 2.45) is 0 Å². The molecule has 0 spiro atoms. The van der Waals surface area contributed by atoms with Crippen molar-refractivity contribution in [3.63, 3.8) is 0 Å². The van der Waals surface area contributed by atoms with Gasteiger partial charge in [-0.1, -0.05) is 0 Å². The van der Waals surface area contributed by atoms with Crippen LogP contribution in [0.3, 0.4) is 0 Å². The molecule has 0 aliphatic heterocycles. The van der Waals surface area contributed by atoms with Crippen LogP contribution in [0.2, 0.25) is 0 Å². The maximum atomic E-state index is 14.0. The Labute approximate surface area is 169 Å². The van der Waals surface area contributed by atoms with E-state index in [4.69, 9.17) is 4.42 Å². The molecule has 29 heavy (non-hydrogen) atoms. The molecule has 0 aliphatic rings. The molecule has 2 N–H and O–H groups in total. The molecule has 3 aromatic rings. The topological polar surface area (TPSA) is 87.5 Å². The number of thiazole rings is 1. The van der Waals surface area contributed by atoms with Crippen molar-refractivity contribution in [2.75, 3.05) is 29.6 Å². The van der Waals surface area contributed by atoms with Gasteiger partial charge in [0.1, 0.15) is 11.4 Å². The van der Waals surface area contributed by atoms with Crippen LogP contribution >= 0.6 is 11.3 Å². The number of furan rings is 1. The Hall–Kier alpha value is -3.27. The highest BCUT2D eigenvalue weighted by Crippen LogP contribution is 2.26. The third-order valence-electron chi connectivity index (χ3n) is 3.97. The summed E-state index contributed by atoms with van der Waals surface area (Å²) in [6.45, 7) is 1.67. The predicted molar refractivity (Wildman–Crippen MR) is 107 cm³/mol. The van der Waals surface area contributed by atoms with Gasteiger partial charge in [0.05, 0.1) is 23.9 Å². The van der Waals surface area contributed by atoms with Crippen LogP contribution in [0.25, 0.3) is 0 Å².